The first kappa shape index (κ1) is 17.3. The van der Waals surface area contributed by atoms with Crippen LogP contribution in [0.3, 0.4) is 0 Å². The van der Waals surface area contributed by atoms with E-state index < -0.39 is 15.9 Å². The van der Waals surface area contributed by atoms with Gasteiger partial charge in [0.15, 0.2) is 0 Å². The Morgan fingerprint density at radius 3 is 2.39 bits per heavy atom. The van der Waals surface area contributed by atoms with Crippen LogP contribution in [-0.2, 0) is 19.6 Å². The van der Waals surface area contributed by atoms with E-state index in [-0.39, 0.29) is 12.5 Å². The molecule has 0 radical (unpaired) electrons. The molecule has 0 aliphatic rings. The summed E-state index contributed by atoms with van der Waals surface area (Å²) in [4.78, 5) is 12.9. The highest BCUT2D eigenvalue weighted by Crippen LogP contribution is 2.05. The third-order valence-electron chi connectivity index (χ3n) is 2.60. The Morgan fingerprint density at radius 2 is 1.83 bits per heavy atom. The lowest BCUT2D eigenvalue weighted by molar-refractivity contribution is -0.129. The molecule has 0 saturated carbocycles. The van der Waals surface area contributed by atoms with Crippen molar-refractivity contribution in [3.63, 3.8) is 0 Å². The first-order valence-corrected chi connectivity index (χ1v) is 7.66. The molecule has 0 aliphatic heterocycles. The number of hydrogen-bond donors (Lipinski definition) is 1. The van der Waals surface area contributed by atoms with Gasteiger partial charge < -0.3 is 9.64 Å². The molecule has 7 heteroatoms. The molecule has 0 spiro atoms. The Kier molecular flexibility index (Phi) is 8.95. The largest absolute Gasteiger partial charge is 0.385 e. The molecule has 0 unspecified atom stereocenters. The fraction of sp³-hybridized carbons (Fsp3) is 0.909. The van der Waals surface area contributed by atoms with Gasteiger partial charge in [-0.15, -0.1) is 0 Å². The zero-order valence-electron chi connectivity index (χ0n) is 11.1. The molecule has 0 aromatic rings. The van der Waals surface area contributed by atoms with Gasteiger partial charge in [0.25, 0.3) is 10.1 Å². The van der Waals surface area contributed by atoms with Gasteiger partial charge >= 0.3 is 0 Å². The number of methoxy groups -OCH3 is 1. The van der Waals surface area contributed by atoms with E-state index >= 15 is 0 Å². The Hall–Kier alpha value is -0.660. The minimum Gasteiger partial charge on any atom is -0.385 e. The van der Waals surface area contributed by atoms with Crippen LogP contribution in [0.15, 0.2) is 0 Å². The highest BCUT2D eigenvalue weighted by atomic mass is 32.2. The average Bonchev–Trinajstić information content (AvgIpc) is 2.29. The van der Waals surface area contributed by atoms with Gasteiger partial charge in [-0.2, -0.15) is 8.42 Å². The van der Waals surface area contributed by atoms with E-state index in [1.807, 2.05) is 0 Å². The third kappa shape index (κ3) is 10.5. The van der Waals surface area contributed by atoms with Crippen LogP contribution in [0.25, 0.3) is 0 Å². The van der Waals surface area contributed by atoms with Gasteiger partial charge in [0, 0.05) is 33.7 Å². The molecule has 0 aromatic heterocycles. The summed E-state index contributed by atoms with van der Waals surface area (Å²) in [5, 5.41) is 0. The maximum Gasteiger partial charge on any atom is 0.266 e. The number of carbonyl (C=O) groups is 1. The molecule has 0 rings (SSSR count). The van der Waals surface area contributed by atoms with Crippen LogP contribution in [-0.4, -0.2) is 56.8 Å². The molecule has 0 bridgehead atoms. The van der Waals surface area contributed by atoms with Crippen LogP contribution in [0, 0.1) is 0 Å². The maximum atomic E-state index is 11.6. The fourth-order valence-electron chi connectivity index (χ4n) is 1.44. The first-order valence-electron chi connectivity index (χ1n) is 6.05. The van der Waals surface area contributed by atoms with Gasteiger partial charge in [-0.05, 0) is 12.8 Å². The lowest BCUT2D eigenvalue weighted by Gasteiger charge is -2.16. The summed E-state index contributed by atoms with van der Waals surface area (Å²) in [6, 6.07) is 0. The van der Waals surface area contributed by atoms with Crippen molar-refractivity contribution in [1.29, 1.82) is 0 Å². The lowest BCUT2D eigenvalue weighted by Crippen LogP contribution is -2.31. The predicted octanol–water partition coefficient (Wildman–Crippen LogP) is 0.930. The van der Waals surface area contributed by atoms with E-state index in [2.05, 4.69) is 0 Å². The third-order valence-corrected chi connectivity index (χ3v) is 3.30. The zero-order valence-corrected chi connectivity index (χ0v) is 11.9. The molecule has 0 aliphatic carbocycles. The molecular weight excluding hydrogens is 258 g/mol. The van der Waals surface area contributed by atoms with Gasteiger partial charge in [0.05, 0.1) is 5.75 Å². The number of rotatable bonds is 10. The second kappa shape index (κ2) is 9.29. The maximum absolute atomic E-state index is 11.6. The van der Waals surface area contributed by atoms with Crippen LogP contribution in [0.1, 0.15) is 32.1 Å². The Balaban J connectivity index is 3.62. The van der Waals surface area contributed by atoms with Crippen molar-refractivity contribution in [2.45, 2.75) is 32.1 Å². The van der Waals surface area contributed by atoms with Gasteiger partial charge in [0.1, 0.15) is 0 Å². The van der Waals surface area contributed by atoms with Crippen LogP contribution >= 0.6 is 0 Å². The van der Waals surface area contributed by atoms with Crippen LogP contribution in [0.5, 0.6) is 0 Å². The van der Waals surface area contributed by atoms with E-state index in [1.165, 1.54) is 4.90 Å². The lowest BCUT2D eigenvalue weighted by atomic mass is 10.1. The van der Waals surface area contributed by atoms with E-state index in [1.54, 1.807) is 14.2 Å². The Morgan fingerprint density at radius 1 is 1.22 bits per heavy atom. The number of amides is 1. The van der Waals surface area contributed by atoms with Crippen LogP contribution < -0.4 is 0 Å². The van der Waals surface area contributed by atoms with E-state index in [0.29, 0.717) is 6.42 Å². The number of unbranched alkanes of at least 4 members (excludes halogenated alkanes) is 3. The Labute approximate surface area is 109 Å². The summed E-state index contributed by atoms with van der Waals surface area (Å²) in [6.45, 7) is 0.767. The zero-order chi connectivity index (χ0) is 14.0. The highest BCUT2D eigenvalue weighted by molar-refractivity contribution is 7.85. The van der Waals surface area contributed by atoms with Gasteiger partial charge in [-0.3, -0.25) is 9.35 Å². The molecule has 0 saturated heterocycles. The molecular formula is C11H23NO5S. The second-order valence-corrected chi connectivity index (χ2v) is 5.83. The molecule has 0 aromatic carbocycles. The van der Waals surface area contributed by atoms with Crippen molar-refractivity contribution in [2.24, 2.45) is 0 Å². The molecule has 0 fully saturated rings. The second-order valence-electron chi connectivity index (χ2n) is 4.26. The van der Waals surface area contributed by atoms with Crippen molar-refractivity contribution < 1.29 is 22.5 Å². The smallest absolute Gasteiger partial charge is 0.266 e. The summed E-state index contributed by atoms with van der Waals surface area (Å²) < 4.78 is 34.5. The standard InChI is InChI=1S/C11H23NO5S/c1-12(8-10-18(14,15)16)11(13)7-5-3-4-6-9-17-2/h3-10H2,1-2H3,(H,14,15,16). The number of nitrogens with zero attached hydrogens (tertiary/aromatic N) is 1. The number of ether oxygens (including phenoxy) is 1. The summed E-state index contributed by atoms with van der Waals surface area (Å²) in [5.74, 6) is -0.506. The van der Waals surface area contributed by atoms with Crippen molar-refractivity contribution in [1.82, 2.24) is 4.90 Å². The van der Waals surface area contributed by atoms with Crippen LogP contribution in [0.2, 0.25) is 0 Å². The fourth-order valence-corrected chi connectivity index (χ4v) is 1.95. The molecule has 1 N–H and O–H groups in total. The minimum absolute atomic E-state index is 0.0291. The van der Waals surface area contributed by atoms with E-state index in [9.17, 15) is 13.2 Å². The molecule has 0 heterocycles. The van der Waals surface area contributed by atoms with Crippen molar-refractivity contribution in [3.8, 4) is 0 Å². The summed E-state index contributed by atoms with van der Waals surface area (Å²) in [5.41, 5.74) is 0. The van der Waals surface area contributed by atoms with Gasteiger partial charge in [0.2, 0.25) is 5.91 Å². The topological polar surface area (TPSA) is 83.9 Å². The highest BCUT2D eigenvalue weighted by Gasteiger charge is 2.12. The van der Waals surface area contributed by atoms with Crippen LogP contribution in [0.4, 0.5) is 0 Å². The SMILES string of the molecule is COCCCCCCC(=O)N(C)CCS(=O)(=O)O. The van der Waals surface area contributed by atoms with Gasteiger partial charge in [-0.25, -0.2) is 0 Å². The average molecular weight is 281 g/mol. The quantitative estimate of drug-likeness (QED) is 0.475. The molecule has 108 valence electrons. The summed E-state index contributed by atoms with van der Waals surface area (Å²) in [7, 11) is -0.795. The number of carbonyl (C=O) groups excluding carboxylic acids is 1. The van der Waals surface area contributed by atoms with E-state index in [4.69, 9.17) is 9.29 Å². The normalized spacial score (nSPS) is 11.5. The van der Waals surface area contributed by atoms with Crippen molar-refractivity contribution >= 4 is 16.0 Å². The molecule has 6 nitrogen and oxygen atoms in total. The van der Waals surface area contributed by atoms with Crippen molar-refractivity contribution in [2.75, 3.05) is 33.1 Å². The number of hydrogen-bond acceptors (Lipinski definition) is 4. The molecule has 1 amide bonds. The summed E-state index contributed by atoms with van der Waals surface area (Å²) in [6.07, 6.45) is 4.17. The molecule has 18 heavy (non-hydrogen) atoms. The first-order chi connectivity index (χ1) is 8.37. The van der Waals surface area contributed by atoms with E-state index in [0.717, 1.165) is 32.3 Å². The van der Waals surface area contributed by atoms with Gasteiger partial charge in [-0.1, -0.05) is 12.8 Å². The predicted molar refractivity (Wildman–Crippen MR) is 69.0 cm³/mol. The Bertz CT molecular complexity index is 328. The van der Waals surface area contributed by atoms with Crippen molar-refractivity contribution in [3.05, 3.63) is 0 Å². The minimum atomic E-state index is -4.00. The summed E-state index contributed by atoms with van der Waals surface area (Å²) >= 11 is 0. The monoisotopic (exact) mass is 281 g/mol. The molecule has 0 atom stereocenters.